The molecule has 0 saturated heterocycles. The van der Waals surface area contributed by atoms with E-state index in [1.54, 1.807) is 0 Å². The van der Waals surface area contributed by atoms with Crippen molar-refractivity contribution in [2.24, 2.45) is 0 Å². The molecule has 3 atom stereocenters. The maximum Gasteiger partial charge on any atom is 0.472 e. The molecule has 0 amide bonds. The van der Waals surface area contributed by atoms with Crippen LogP contribution in [0, 0.1) is 0 Å². The number of esters is 3. The second-order valence-electron chi connectivity index (χ2n) is 21.2. The van der Waals surface area contributed by atoms with Crippen LogP contribution in [0.15, 0.2) is 122 Å². The number of unbranched alkanes of at least 4 members (excludes halogenated alkanes) is 22. The van der Waals surface area contributed by atoms with Crippen LogP contribution in [0.2, 0.25) is 0 Å². The zero-order chi connectivity index (χ0) is 59.8. The average Bonchev–Trinajstić information content (AvgIpc) is 3.49. The van der Waals surface area contributed by atoms with E-state index < -0.39 is 57.8 Å². The summed E-state index contributed by atoms with van der Waals surface area (Å²) in [4.78, 5) is 48.8. The summed E-state index contributed by atoms with van der Waals surface area (Å²) in [6.07, 6.45) is 78.6. The fourth-order valence-corrected chi connectivity index (χ4v) is 9.21. The highest BCUT2D eigenvalue weighted by molar-refractivity contribution is 7.47. The Labute approximate surface area is 500 Å². The van der Waals surface area contributed by atoms with Gasteiger partial charge in [0.15, 0.2) is 6.10 Å². The molecule has 0 heterocycles. The molecular weight excluding hydrogens is 1050 g/mol. The van der Waals surface area contributed by atoms with E-state index in [0.717, 1.165) is 116 Å². The number of phosphoric acid groups is 1. The van der Waals surface area contributed by atoms with Gasteiger partial charge in [0.1, 0.15) is 12.7 Å². The SMILES string of the molecule is CC/C=C\C/C=C\C/C=C\C/C=C\C/C=C\CCCC(=O)OC(CO)COP(=O)(O)OCC(COC(=O)CCCCCCCC/C=C\C/C=C\C/C=C\CCCCC)OC(=O)CCCCCCCCCCC/C=C\C/C=C\CCCCC. The van der Waals surface area contributed by atoms with Crippen molar-refractivity contribution in [1.29, 1.82) is 0 Å². The van der Waals surface area contributed by atoms with Crippen molar-refractivity contribution in [1.82, 2.24) is 0 Å². The van der Waals surface area contributed by atoms with Crippen LogP contribution in [-0.2, 0) is 42.2 Å². The van der Waals surface area contributed by atoms with Crippen molar-refractivity contribution >= 4 is 25.7 Å². The Bertz CT molecular complexity index is 1840. The van der Waals surface area contributed by atoms with Gasteiger partial charge in [-0.1, -0.05) is 239 Å². The topological polar surface area (TPSA) is 155 Å². The van der Waals surface area contributed by atoms with Gasteiger partial charge >= 0.3 is 25.7 Å². The van der Waals surface area contributed by atoms with Gasteiger partial charge in [0.2, 0.25) is 0 Å². The lowest BCUT2D eigenvalue weighted by molar-refractivity contribution is -0.161. The Morgan fingerprint density at radius 2 is 0.646 bits per heavy atom. The maximum absolute atomic E-state index is 13.0. The van der Waals surface area contributed by atoms with Gasteiger partial charge in [-0.25, -0.2) is 4.57 Å². The van der Waals surface area contributed by atoms with Crippen LogP contribution in [0.1, 0.15) is 265 Å². The molecule has 0 aromatic heterocycles. The van der Waals surface area contributed by atoms with Crippen LogP contribution in [0.5, 0.6) is 0 Å². The number of aliphatic hydroxyl groups excluding tert-OH is 1. The van der Waals surface area contributed by atoms with E-state index in [-0.39, 0.29) is 25.9 Å². The highest BCUT2D eigenvalue weighted by Crippen LogP contribution is 2.43. The minimum absolute atomic E-state index is 0.0924. The molecule has 3 unspecified atom stereocenters. The zero-order valence-electron chi connectivity index (χ0n) is 51.9. The molecule has 0 aliphatic carbocycles. The van der Waals surface area contributed by atoms with Crippen LogP contribution < -0.4 is 0 Å². The smallest absolute Gasteiger partial charge is 0.462 e. The third-order valence-corrected chi connectivity index (χ3v) is 14.3. The summed E-state index contributed by atoms with van der Waals surface area (Å²) in [5, 5.41) is 9.85. The molecule has 82 heavy (non-hydrogen) atoms. The van der Waals surface area contributed by atoms with Gasteiger partial charge in [-0.05, 0) is 128 Å². The molecule has 0 bridgehead atoms. The standard InChI is InChI=1S/C70H117O11P/c1-4-7-10-13-16-19-22-25-28-31-33-36-38-41-44-47-50-53-56-59-68(72)77-63-67(81-70(74)61-58-55-52-49-46-43-40-37-34-32-29-26-23-20-17-14-11-8-5-2)65-79-82(75,76)78-64-66(62-71)80-69(73)60-57-54-51-48-45-42-39-35-30-27-24-21-18-15-12-9-6-3/h9,12,16-21,25-30,33,36,39,42,48,51,66-67,71H,4-8,10-11,13-15,22-24,31-32,34-35,37-38,40-41,43-47,49-50,52-65H2,1-3H3,(H,75,76)/b12-9-,19-16-,20-17-,21-18-,28-25-,29-26-,30-27-,36-33-,42-39-,51-48-. The van der Waals surface area contributed by atoms with Gasteiger partial charge in [0.25, 0.3) is 0 Å². The summed E-state index contributed by atoms with van der Waals surface area (Å²) in [5.74, 6) is -1.55. The molecule has 2 N–H and O–H groups in total. The van der Waals surface area contributed by atoms with Crippen molar-refractivity contribution < 1.29 is 52.2 Å². The molecule has 0 aliphatic rings. The molecule has 0 saturated carbocycles. The molecule has 11 nitrogen and oxygen atoms in total. The van der Waals surface area contributed by atoms with Crippen molar-refractivity contribution in [3.05, 3.63) is 122 Å². The van der Waals surface area contributed by atoms with E-state index in [1.807, 2.05) is 12.2 Å². The molecular formula is C70H117O11P. The lowest BCUT2D eigenvalue weighted by atomic mass is 10.1. The molecule has 12 heteroatoms. The fraction of sp³-hybridized carbons (Fsp3) is 0.671. The minimum Gasteiger partial charge on any atom is -0.462 e. The van der Waals surface area contributed by atoms with Crippen LogP contribution >= 0.6 is 7.82 Å². The third kappa shape index (κ3) is 60.5. The Morgan fingerprint density at radius 1 is 0.354 bits per heavy atom. The summed E-state index contributed by atoms with van der Waals surface area (Å²) >= 11 is 0. The molecule has 0 spiro atoms. The Kier molecular flexibility index (Phi) is 59.8. The summed E-state index contributed by atoms with van der Waals surface area (Å²) in [6.45, 7) is 4.41. The van der Waals surface area contributed by atoms with Gasteiger partial charge in [-0.2, -0.15) is 0 Å². The average molecular weight is 1170 g/mol. The van der Waals surface area contributed by atoms with Crippen LogP contribution in [0.3, 0.4) is 0 Å². The molecule has 0 radical (unpaired) electrons. The van der Waals surface area contributed by atoms with Crippen LogP contribution in [0.25, 0.3) is 0 Å². The van der Waals surface area contributed by atoms with E-state index in [4.69, 9.17) is 23.3 Å². The van der Waals surface area contributed by atoms with Gasteiger partial charge < -0.3 is 24.2 Å². The number of carbonyl (C=O) groups excluding carboxylic acids is 3. The van der Waals surface area contributed by atoms with Gasteiger partial charge in [0, 0.05) is 19.3 Å². The number of allylic oxidation sites excluding steroid dienone is 20. The molecule has 0 aliphatic heterocycles. The molecule has 0 aromatic carbocycles. The van der Waals surface area contributed by atoms with E-state index in [0.29, 0.717) is 25.7 Å². The molecule has 0 rings (SSSR count). The monoisotopic (exact) mass is 1160 g/mol. The maximum atomic E-state index is 13.0. The number of aliphatic hydroxyl groups is 1. The lowest BCUT2D eigenvalue weighted by Gasteiger charge is -2.21. The normalized spacial score (nSPS) is 14.1. The molecule has 0 fully saturated rings. The number of phosphoric ester groups is 1. The number of hydrogen-bond acceptors (Lipinski definition) is 10. The second kappa shape index (κ2) is 62.9. The zero-order valence-corrected chi connectivity index (χ0v) is 52.8. The predicted molar refractivity (Wildman–Crippen MR) is 343 cm³/mol. The number of hydrogen-bond donors (Lipinski definition) is 2. The van der Waals surface area contributed by atoms with Crippen molar-refractivity contribution in [3.8, 4) is 0 Å². The first-order chi connectivity index (χ1) is 40.2. The molecule has 468 valence electrons. The Morgan fingerprint density at radius 3 is 1.02 bits per heavy atom. The number of ether oxygens (including phenoxy) is 3. The number of rotatable bonds is 59. The van der Waals surface area contributed by atoms with Crippen LogP contribution in [0.4, 0.5) is 0 Å². The summed E-state index contributed by atoms with van der Waals surface area (Å²) < 4.78 is 39.6. The largest absolute Gasteiger partial charge is 0.472 e. The van der Waals surface area contributed by atoms with E-state index >= 15 is 0 Å². The van der Waals surface area contributed by atoms with Gasteiger partial charge in [-0.15, -0.1) is 0 Å². The quantitative estimate of drug-likeness (QED) is 0.0197. The number of carbonyl (C=O) groups is 3. The first-order valence-corrected chi connectivity index (χ1v) is 33.9. The Balaban J connectivity index is 4.80. The van der Waals surface area contributed by atoms with E-state index in [9.17, 15) is 28.9 Å². The van der Waals surface area contributed by atoms with Gasteiger partial charge in [-0.3, -0.25) is 23.4 Å². The highest BCUT2D eigenvalue weighted by atomic mass is 31.2. The lowest BCUT2D eigenvalue weighted by Crippen LogP contribution is -2.30. The summed E-state index contributed by atoms with van der Waals surface area (Å²) in [5.41, 5.74) is 0. The van der Waals surface area contributed by atoms with Crippen molar-refractivity contribution in [2.45, 2.75) is 277 Å². The fourth-order valence-electron chi connectivity index (χ4n) is 8.43. The van der Waals surface area contributed by atoms with Crippen LogP contribution in [-0.4, -0.2) is 66.5 Å². The van der Waals surface area contributed by atoms with E-state index in [2.05, 4.69) is 130 Å². The Hall–Kier alpha value is -4.12. The van der Waals surface area contributed by atoms with Crippen molar-refractivity contribution in [2.75, 3.05) is 26.4 Å². The first-order valence-electron chi connectivity index (χ1n) is 32.4. The third-order valence-electron chi connectivity index (χ3n) is 13.3. The minimum atomic E-state index is -4.78. The second-order valence-corrected chi connectivity index (χ2v) is 22.6. The van der Waals surface area contributed by atoms with Gasteiger partial charge in [0.05, 0.1) is 19.8 Å². The molecule has 0 aromatic rings. The highest BCUT2D eigenvalue weighted by Gasteiger charge is 2.28. The predicted octanol–water partition coefficient (Wildman–Crippen LogP) is 19.9. The van der Waals surface area contributed by atoms with E-state index in [1.165, 1.54) is 83.5 Å². The summed E-state index contributed by atoms with van der Waals surface area (Å²) in [6, 6.07) is 0. The summed E-state index contributed by atoms with van der Waals surface area (Å²) in [7, 11) is -4.78. The first kappa shape index (κ1) is 77.9. The van der Waals surface area contributed by atoms with Crippen molar-refractivity contribution in [3.63, 3.8) is 0 Å².